The molecule has 2 aromatic rings. The Hall–Kier alpha value is -1.65. The Kier molecular flexibility index (Phi) is 7.47. The monoisotopic (exact) mass is 387 g/mol. The lowest BCUT2D eigenvalue weighted by Gasteiger charge is -2.02. The van der Waals surface area contributed by atoms with Crippen molar-refractivity contribution in [1.29, 1.82) is 0 Å². The number of hydrogen-bond acceptors (Lipinski definition) is 8. The third-order valence-corrected chi connectivity index (χ3v) is 5.56. The number of carbonyl (C=O) groups is 2. The molecule has 1 amide bonds. The van der Waals surface area contributed by atoms with Crippen molar-refractivity contribution in [2.45, 2.75) is 10.1 Å². The van der Waals surface area contributed by atoms with Gasteiger partial charge in [0.2, 0.25) is 11.0 Å². The van der Waals surface area contributed by atoms with Crippen LogP contribution in [0.3, 0.4) is 0 Å². The Morgan fingerprint density at radius 1 is 1.25 bits per heavy atom. The molecule has 0 aliphatic carbocycles. The molecule has 0 atom stereocenters. The summed E-state index contributed by atoms with van der Waals surface area (Å²) in [6.45, 7) is 0. The highest BCUT2D eigenvalue weighted by atomic mass is 32.2. The number of halogens is 1. The van der Waals surface area contributed by atoms with E-state index in [-0.39, 0.29) is 29.2 Å². The fourth-order valence-corrected chi connectivity index (χ4v) is 3.88. The molecule has 0 saturated carbocycles. The highest BCUT2D eigenvalue weighted by molar-refractivity contribution is 8.01. The van der Waals surface area contributed by atoms with Crippen molar-refractivity contribution in [2.24, 2.45) is 0 Å². The molecule has 0 unspecified atom stereocenters. The normalized spacial score (nSPS) is 10.4. The molecule has 0 fully saturated rings. The molecule has 0 radical (unpaired) electrons. The number of benzene rings is 1. The van der Waals surface area contributed by atoms with Crippen molar-refractivity contribution >= 4 is 51.9 Å². The van der Waals surface area contributed by atoms with E-state index in [0.717, 1.165) is 5.56 Å². The number of esters is 1. The number of nitrogens with zero attached hydrogens (tertiary/aromatic N) is 2. The van der Waals surface area contributed by atoms with Gasteiger partial charge in [0.05, 0.1) is 18.6 Å². The van der Waals surface area contributed by atoms with Crippen LogP contribution in [-0.4, -0.2) is 40.7 Å². The fraction of sp³-hybridized carbons (Fsp3) is 0.286. The minimum atomic E-state index is -0.349. The van der Waals surface area contributed by atoms with E-state index in [1.54, 1.807) is 12.1 Å². The first-order valence-corrected chi connectivity index (χ1v) is 9.67. The minimum absolute atomic E-state index is 0.145. The summed E-state index contributed by atoms with van der Waals surface area (Å²) in [6, 6.07) is 6.17. The number of rotatable bonds is 8. The first-order chi connectivity index (χ1) is 11.6. The fourth-order valence-electron chi connectivity index (χ4n) is 1.50. The smallest absolute Gasteiger partial charge is 0.316 e. The first-order valence-electron chi connectivity index (χ1n) is 6.72. The number of aromatic nitrogens is 2. The summed E-state index contributed by atoms with van der Waals surface area (Å²) in [7, 11) is 1.32. The summed E-state index contributed by atoms with van der Waals surface area (Å²) in [4.78, 5) is 22.9. The molecule has 128 valence electrons. The van der Waals surface area contributed by atoms with Crippen molar-refractivity contribution in [3.8, 4) is 0 Å². The predicted molar refractivity (Wildman–Crippen MR) is 93.8 cm³/mol. The number of carbonyl (C=O) groups excluding carboxylic acids is 2. The Morgan fingerprint density at radius 3 is 2.71 bits per heavy atom. The van der Waals surface area contributed by atoms with E-state index < -0.39 is 0 Å². The number of thioether (sulfide) groups is 2. The molecule has 1 N–H and O–H groups in total. The van der Waals surface area contributed by atoms with Crippen LogP contribution in [0.1, 0.15) is 5.56 Å². The van der Waals surface area contributed by atoms with Gasteiger partial charge in [-0.1, -0.05) is 35.2 Å². The van der Waals surface area contributed by atoms with E-state index in [4.69, 9.17) is 0 Å². The van der Waals surface area contributed by atoms with Gasteiger partial charge < -0.3 is 4.74 Å². The van der Waals surface area contributed by atoms with Gasteiger partial charge in [-0.05, 0) is 17.7 Å². The van der Waals surface area contributed by atoms with E-state index in [9.17, 15) is 14.0 Å². The summed E-state index contributed by atoms with van der Waals surface area (Å²) in [5.41, 5.74) is 0.951. The van der Waals surface area contributed by atoms with Crippen LogP contribution in [0, 0.1) is 5.82 Å². The minimum Gasteiger partial charge on any atom is -0.468 e. The van der Waals surface area contributed by atoms with Gasteiger partial charge in [0.1, 0.15) is 5.82 Å². The summed E-state index contributed by atoms with van der Waals surface area (Å²) >= 11 is 3.81. The SMILES string of the molecule is COC(=O)CSc1nnc(NC(=O)CSCc2ccc(F)cc2)s1. The van der Waals surface area contributed by atoms with E-state index in [0.29, 0.717) is 15.2 Å². The lowest BCUT2D eigenvalue weighted by atomic mass is 10.2. The molecular formula is C14H14FN3O3S3. The largest absolute Gasteiger partial charge is 0.468 e. The van der Waals surface area contributed by atoms with E-state index in [1.807, 2.05) is 0 Å². The maximum absolute atomic E-state index is 12.8. The lowest BCUT2D eigenvalue weighted by molar-refractivity contribution is -0.137. The van der Waals surface area contributed by atoms with Crippen molar-refractivity contribution in [2.75, 3.05) is 23.9 Å². The Morgan fingerprint density at radius 2 is 2.00 bits per heavy atom. The quantitative estimate of drug-likeness (QED) is 0.424. The third kappa shape index (κ3) is 6.46. The molecule has 0 saturated heterocycles. The molecular weight excluding hydrogens is 373 g/mol. The van der Waals surface area contributed by atoms with Crippen LogP contribution in [-0.2, 0) is 20.1 Å². The summed E-state index contributed by atoms with van der Waals surface area (Å²) in [5.74, 6) is 0.192. The van der Waals surface area contributed by atoms with Gasteiger partial charge in [0.25, 0.3) is 0 Å². The lowest BCUT2D eigenvalue weighted by Crippen LogP contribution is -2.13. The van der Waals surface area contributed by atoms with E-state index >= 15 is 0 Å². The number of nitrogens with one attached hydrogen (secondary N) is 1. The Bertz CT molecular complexity index is 694. The second-order valence-electron chi connectivity index (χ2n) is 4.41. The van der Waals surface area contributed by atoms with Crippen LogP contribution in [0.25, 0.3) is 0 Å². The molecule has 0 spiro atoms. The van der Waals surface area contributed by atoms with Gasteiger partial charge in [0.15, 0.2) is 4.34 Å². The van der Waals surface area contributed by atoms with Crippen molar-refractivity contribution in [3.05, 3.63) is 35.6 Å². The van der Waals surface area contributed by atoms with Crippen LogP contribution in [0.4, 0.5) is 9.52 Å². The summed E-state index contributed by atoms with van der Waals surface area (Å²) in [5, 5.41) is 10.8. The van der Waals surface area contributed by atoms with Crippen LogP contribution in [0.5, 0.6) is 0 Å². The standard InChI is InChI=1S/C14H14FN3O3S3/c1-21-12(20)8-23-14-18-17-13(24-14)16-11(19)7-22-6-9-2-4-10(15)5-3-9/h2-5H,6-8H2,1H3,(H,16,17,19). The zero-order chi connectivity index (χ0) is 17.4. The zero-order valence-corrected chi connectivity index (χ0v) is 15.1. The second kappa shape index (κ2) is 9.60. The van der Waals surface area contributed by atoms with Gasteiger partial charge in [0, 0.05) is 5.75 Å². The molecule has 0 aliphatic heterocycles. The average molecular weight is 387 g/mol. The van der Waals surface area contributed by atoms with Crippen LogP contribution < -0.4 is 5.32 Å². The molecule has 6 nitrogen and oxygen atoms in total. The maximum atomic E-state index is 12.8. The average Bonchev–Trinajstić information content (AvgIpc) is 3.01. The molecule has 24 heavy (non-hydrogen) atoms. The second-order valence-corrected chi connectivity index (χ2v) is 7.59. The van der Waals surface area contributed by atoms with Gasteiger partial charge in [-0.3, -0.25) is 14.9 Å². The zero-order valence-electron chi connectivity index (χ0n) is 12.7. The van der Waals surface area contributed by atoms with Crippen LogP contribution >= 0.6 is 34.9 Å². The maximum Gasteiger partial charge on any atom is 0.316 e. The van der Waals surface area contributed by atoms with Crippen molar-refractivity contribution < 1.29 is 18.7 Å². The molecule has 1 heterocycles. The van der Waals surface area contributed by atoms with E-state index in [2.05, 4.69) is 20.3 Å². The Balaban J connectivity index is 1.71. The third-order valence-electron chi connectivity index (χ3n) is 2.61. The molecule has 0 aliphatic rings. The van der Waals surface area contributed by atoms with Crippen LogP contribution in [0.2, 0.25) is 0 Å². The molecule has 1 aromatic carbocycles. The van der Waals surface area contributed by atoms with Gasteiger partial charge in [-0.15, -0.1) is 22.0 Å². The highest BCUT2D eigenvalue weighted by Crippen LogP contribution is 2.25. The summed E-state index contributed by atoms with van der Waals surface area (Å²) < 4.78 is 17.9. The topological polar surface area (TPSA) is 81.2 Å². The number of anilines is 1. The van der Waals surface area contributed by atoms with E-state index in [1.165, 1.54) is 54.1 Å². The van der Waals surface area contributed by atoms with Gasteiger partial charge in [-0.25, -0.2) is 4.39 Å². The van der Waals surface area contributed by atoms with Gasteiger partial charge in [-0.2, -0.15) is 0 Å². The first kappa shape index (κ1) is 18.7. The number of hydrogen-bond donors (Lipinski definition) is 1. The number of amides is 1. The molecule has 1 aromatic heterocycles. The molecule has 0 bridgehead atoms. The van der Waals surface area contributed by atoms with Crippen molar-refractivity contribution in [1.82, 2.24) is 10.2 Å². The predicted octanol–water partition coefficient (Wildman–Crippen LogP) is 2.81. The number of ether oxygens (including phenoxy) is 1. The number of methoxy groups -OCH3 is 1. The molecule has 10 heteroatoms. The Labute approximate surface area is 150 Å². The van der Waals surface area contributed by atoms with Crippen LogP contribution in [0.15, 0.2) is 28.6 Å². The summed E-state index contributed by atoms with van der Waals surface area (Å²) in [6.07, 6.45) is 0. The molecule has 2 rings (SSSR count). The van der Waals surface area contributed by atoms with Gasteiger partial charge >= 0.3 is 5.97 Å². The van der Waals surface area contributed by atoms with Crippen molar-refractivity contribution in [3.63, 3.8) is 0 Å². The highest BCUT2D eigenvalue weighted by Gasteiger charge is 2.10.